The number of rotatable bonds is 7. The van der Waals surface area contributed by atoms with Gasteiger partial charge in [0.15, 0.2) is 11.6 Å². The van der Waals surface area contributed by atoms with Crippen LogP contribution < -0.4 is 4.74 Å². The third kappa shape index (κ3) is 4.77. The molecule has 1 N–H and O–H groups in total. The number of halogens is 1. The average Bonchev–Trinajstić information content (AvgIpc) is 3.48. The monoisotopic (exact) mass is 482 g/mol. The molecule has 1 atom stereocenters. The summed E-state index contributed by atoms with van der Waals surface area (Å²) in [6.45, 7) is 2.71. The van der Waals surface area contributed by atoms with E-state index < -0.39 is 35.3 Å². The number of carbonyl (C=O) groups excluding carboxylic acids is 3. The van der Waals surface area contributed by atoms with Crippen LogP contribution in [0.1, 0.15) is 40.4 Å². The lowest BCUT2D eigenvalue weighted by molar-refractivity contribution is -0.140. The summed E-state index contributed by atoms with van der Waals surface area (Å²) in [5.41, 5.74) is 0.764. The molecule has 1 amide bonds. The molecule has 2 aromatic carbocycles. The van der Waals surface area contributed by atoms with Gasteiger partial charge in [-0.05, 0) is 61.8 Å². The Balaban J connectivity index is 1.77. The molecule has 2 aliphatic rings. The van der Waals surface area contributed by atoms with Gasteiger partial charge in [-0.2, -0.15) is 0 Å². The van der Waals surface area contributed by atoms with E-state index in [0.717, 1.165) is 32.0 Å². The topological polar surface area (TPSA) is 96.4 Å². The van der Waals surface area contributed by atoms with Gasteiger partial charge in [0.25, 0.3) is 11.7 Å². The van der Waals surface area contributed by atoms with Crippen LogP contribution in [0.5, 0.6) is 5.75 Å². The maximum Gasteiger partial charge on any atom is 0.337 e. The van der Waals surface area contributed by atoms with Crippen molar-refractivity contribution in [3.05, 3.63) is 70.5 Å². The fraction of sp³-hybridized carbons (Fsp3) is 0.346. The number of aliphatic hydroxyl groups excluding tert-OH is 1. The van der Waals surface area contributed by atoms with E-state index in [-0.39, 0.29) is 23.4 Å². The number of ketones is 1. The summed E-state index contributed by atoms with van der Waals surface area (Å²) >= 11 is 0. The first kappa shape index (κ1) is 24.4. The minimum atomic E-state index is -0.894. The van der Waals surface area contributed by atoms with Gasteiger partial charge >= 0.3 is 5.97 Å². The predicted octanol–water partition coefficient (Wildman–Crippen LogP) is 3.14. The van der Waals surface area contributed by atoms with Crippen molar-refractivity contribution in [3.8, 4) is 5.75 Å². The molecular weight excluding hydrogens is 455 g/mol. The molecule has 0 saturated carbocycles. The smallest absolute Gasteiger partial charge is 0.337 e. The van der Waals surface area contributed by atoms with Gasteiger partial charge in [0.2, 0.25) is 0 Å². The van der Waals surface area contributed by atoms with Gasteiger partial charge in [-0.1, -0.05) is 12.1 Å². The number of methoxy groups -OCH3 is 2. The van der Waals surface area contributed by atoms with E-state index in [2.05, 4.69) is 4.90 Å². The molecule has 0 aliphatic carbocycles. The van der Waals surface area contributed by atoms with Crippen molar-refractivity contribution >= 4 is 23.4 Å². The maximum atomic E-state index is 14.3. The van der Waals surface area contributed by atoms with Gasteiger partial charge < -0.3 is 24.4 Å². The van der Waals surface area contributed by atoms with Crippen LogP contribution >= 0.6 is 0 Å². The van der Waals surface area contributed by atoms with Gasteiger partial charge in [-0.25, -0.2) is 9.18 Å². The first-order chi connectivity index (χ1) is 16.8. The van der Waals surface area contributed by atoms with E-state index in [0.29, 0.717) is 17.7 Å². The molecule has 8 nitrogen and oxygen atoms in total. The second-order valence-electron chi connectivity index (χ2n) is 8.50. The standard InChI is InChI=1S/C26H27FN2O6/c1-34-20-10-9-18(15-19(20)27)23(30)21-22(16-5-7-17(8-6-16)26(33)35-2)29(25(32)24(21)31)14-13-28-11-3-4-12-28/h5-10,15,22,30H,3-4,11-14H2,1-2H3/b23-21+. The van der Waals surface area contributed by atoms with E-state index >= 15 is 0 Å². The lowest BCUT2D eigenvalue weighted by Gasteiger charge is -2.27. The third-order valence-corrected chi connectivity index (χ3v) is 6.47. The molecule has 2 fully saturated rings. The Morgan fingerprint density at radius 1 is 1.03 bits per heavy atom. The fourth-order valence-corrected chi connectivity index (χ4v) is 4.60. The highest BCUT2D eigenvalue weighted by atomic mass is 19.1. The molecule has 2 aromatic rings. The number of likely N-dealkylation sites (tertiary alicyclic amines) is 2. The Hall–Kier alpha value is -3.72. The SMILES string of the molecule is COC(=O)c1ccc(C2/C(=C(\O)c3ccc(OC)c(F)c3)C(=O)C(=O)N2CCN2CCCC2)cc1. The molecule has 1 unspecified atom stereocenters. The number of ether oxygens (including phenoxy) is 2. The Bertz CT molecular complexity index is 1170. The highest BCUT2D eigenvalue weighted by molar-refractivity contribution is 6.46. The summed E-state index contributed by atoms with van der Waals surface area (Å²) in [5, 5.41) is 11.1. The zero-order chi connectivity index (χ0) is 25.1. The normalized spacial score (nSPS) is 19.9. The quantitative estimate of drug-likeness (QED) is 0.280. The lowest BCUT2D eigenvalue weighted by atomic mass is 9.94. The van der Waals surface area contributed by atoms with E-state index in [1.54, 1.807) is 12.1 Å². The van der Waals surface area contributed by atoms with Gasteiger partial charge in [-0.15, -0.1) is 0 Å². The van der Waals surface area contributed by atoms with Gasteiger partial charge in [0.05, 0.1) is 31.4 Å². The average molecular weight is 483 g/mol. The van der Waals surface area contributed by atoms with Crippen LogP contribution in [0.15, 0.2) is 48.0 Å². The molecule has 0 spiro atoms. The summed E-state index contributed by atoms with van der Waals surface area (Å²) in [7, 11) is 2.60. The van der Waals surface area contributed by atoms with Crippen LogP contribution in [0.3, 0.4) is 0 Å². The number of amides is 1. The molecule has 0 aromatic heterocycles. The molecule has 4 rings (SSSR count). The number of aliphatic hydroxyl groups is 1. The van der Waals surface area contributed by atoms with Crippen LogP contribution in [-0.4, -0.2) is 73.0 Å². The molecule has 0 bridgehead atoms. The molecule has 0 radical (unpaired) electrons. The molecular formula is C26H27FN2O6. The summed E-state index contributed by atoms with van der Waals surface area (Å²) in [6.07, 6.45) is 2.17. The Morgan fingerprint density at radius 3 is 2.29 bits per heavy atom. The highest BCUT2D eigenvalue weighted by Gasteiger charge is 2.46. The number of benzene rings is 2. The first-order valence-electron chi connectivity index (χ1n) is 11.4. The maximum absolute atomic E-state index is 14.3. The van der Waals surface area contributed by atoms with Crippen LogP contribution in [-0.2, 0) is 14.3 Å². The van der Waals surface area contributed by atoms with Crippen molar-refractivity contribution in [2.24, 2.45) is 0 Å². The minimum Gasteiger partial charge on any atom is -0.507 e. The van der Waals surface area contributed by atoms with Crippen LogP contribution in [0.2, 0.25) is 0 Å². The van der Waals surface area contributed by atoms with Crippen molar-refractivity contribution in [2.75, 3.05) is 40.4 Å². The number of carbonyl (C=O) groups is 3. The fourth-order valence-electron chi connectivity index (χ4n) is 4.60. The zero-order valence-electron chi connectivity index (χ0n) is 19.6. The van der Waals surface area contributed by atoms with E-state index in [1.165, 1.54) is 43.4 Å². The zero-order valence-corrected chi connectivity index (χ0v) is 19.6. The molecule has 2 aliphatic heterocycles. The Labute approximate surface area is 202 Å². The highest BCUT2D eigenvalue weighted by Crippen LogP contribution is 2.39. The van der Waals surface area contributed by atoms with Crippen LogP contribution in [0.4, 0.5) is 4.39 Å². The van der Waals surface area contributed by atoms with Gasteiger partial charge in [0, 0.05) is 18.7 Å². The van der Waals surface area contributed by atoms with E-state index in [1.807, 2.05) is 0 Å². The van der Waals surface area contributed by atoms with Crippen molar-refractivity contribution < 1.29 is 33.4 Å². The summed E-state index contributed by atoms with van der Waals surface area (Å²) < 4.78 is 24.0. The van der Waals surface area contributed by atoms with Crippen molar-refractivity contribution in [1.82, 2.24) is 9.80 Å². The van der Waals surface area contributed by atoms with Crippen LogP contribution in [0.25, 0.3) is 5.76 Å². The molecule has 2 saturated heterocycles. The van der Waals surface area contributed by atoms with Crippen molar-refractivity contribution in [1.29, 1.82) is 0 Å². The second kappa shape index (κ2) is 10.3. The largest absolute Gasteiger partial charge is 0.507 e. The van der Waals surface area contributed by atoms with Gasteiger partial charge in [0.1, 0.15) is 5.76 Å². The number of nitrogens with zero attached hydrogens (tertiary/aromatic N) is 2. The van der Waals surface area contributed by atoms with Crippen molar-refractivity contribution in [2.45, 2.75) is 18.9 Å². The molecule has 9 heteroatoms. The van der Waals surface area contributed by atoms with Crippen molar-refractivity contribution in [3.63, 3.8) is 0 Å². The summed E-state index contributed by atoms with van der Waals surface area (Å²) in [4.78, 5) is 41.7. The van der Waals surface area contributed by atoms with Gasteiger partial charge in [-0.3, -0.25) is 9.59 Å². The molecule has 184 valence electrons. The predicted molar refractivity (Wildman–Crippen MR) is 125 cm³/mol. The summed E-state index contributed by atoms with van der Waals surface area (Å²) in [6, 6.07) is 9.24. The number of hydrogen-bond donors (Lipinski definition) is 1. The lowest BCUT2D eigenvalue weighted by Crippen LogP contribution is -2.37. The van der Waals surface area contributed by atoms with E-state index in [9.17, 15) is 23.9 Å². The van der Waals surface area contributed by atoms with Crippen LogP contribution in [0, 0.1) is 5.82 Å². The number of esters is 1. The molecule has 35 heavy (non-hydrogen) atoms. The Kier molecular flexibility index (Phi) is 7.16. The minimum absolute atomic E-state index is 0.0115. The second-order valence-corrected chi connectivity index (χ2v) is 8.50. The first-order valence-corrected chi connectivity index (χ1v) is 11.4. The third-order valence-electron chi connectivity index (χ3n) is 6.47. The Morgan fingerprint density at radius 2 is 1.69 bits per heavy atom. The number of Topliss-reactive ketones (excluding diaryl/α,β-unsaturated/α-hetero) is 1. The number of hydrogen-bond acceptors (Lipinski definition) is 7. The molecule has 2 heterocycles. The van der Waals surface area contributed by atoms with E-state index in [4.69, 9.17) is 9.47 Å². The summed E-state index contributed by atoms with van der Waals surface area (Å²) in [5.74, 6) is -3.30.